The van der Waals surface area contributed by atoms with Crippen molar-refractivity contribution in [3.8, 4) is 0 Å². The number of hydrogen-bond acceptors (Lipinski definition) is 4. The zero-order valence-corrected chi connectivity index (χ0v) is 13.9. The van der Waals surface area contributed by atoms with E-state index in [0.717, 1.165) is 0 Å². The fraction of sp³-hybridized carbons (Fsp3) is 0.467. The van der Waals surface area contributed by atoms with Gasteiger partial charge >= 0.3 is 0 Å². The summed E-state index contributed by atoms with van der Waals surface area (Å²) >= 11 is 0. The highest BCUT2D eigenvalue weighted by atomic mass is 32.2. The Kier molecular flexibility index (Phi) is 5.97. The van der Waals surface area contributed by atoms with Gasteiger partial charge in [0.05, 0.1) is 11.5 Å². The summed E-state index contributed by atoms with van der Waals surface area (Å²) < 4.78 is 23.0. The lowest BCUT2D eigenvalue weighted by atomic mass is 10.3. The maximum atomic E-state index is 11.9. The van der Waals surface area contributed by atoms with Crippen molar-refractivity contribution in [1.82, 2.24) is 10.6 Å². The minimum absolute atomic E-state index is 0.0380. The number of para-hydroxylation sites is 1. The molecule has 0 bridgehead atoms. The predicted molar refractivity (Wildman–Crippen MR) is 91.2 cm³/mol. The molecule has 1 aliphatic rings. The van der Waals surface area contributed by atoms with Crippen molar-refractivity contribution in [2.75, 3.05) is 29.9 Å². The molecule has 0 aliphatic carbocycles. The van der Waals surface area contributed by atoms with E-state index in [1.807, 2.05) is 25.1 Å². The van der Waals surface area contributed by atoms with Gasteiger partial charge < -0.3 is 16.0 Å². The number of nitrogens with zero attached hydrogens (tertiary/aromatic N) is 1. The van der Waals surface area contributed by atoms with Crippen LogP contribution in [-0.2, 0) is 14.6 Å². The fourth-order valence-electron chi connectivity index (χ4n) is 2.30. The monoisotopic (exact) mass is 338 g/mol. The minimum atomic E-state index is -2.95. The molecule has 1 heterocycles. The van der Waals surface area contributed by atoms with Gasteiger partial charge in [-0.15, -0.1) is 0 Å². The molecular weight excluding hydrogens is 316 g/mol. The second kappa shape index (κ2) is 7.96. The summed E-state index contributed by atoms with van der Waals surface area (Å²) in [7, 11) is -2.95. The minimum Gasteiger partial charge on any atom is -0.357 e. The third kappa shape index (κ3) is 5.90. The molecule has 3 N–H and O–H groups in total. The highest BCUT2D eigenvalue weighted by Gasteiger charge is 2.28. The largest absolute Gasteiger partial charge is 0.357 e. The summed E-state index contributed by atoms with van der Waals surface area (Å²) in [5.41, 5.74) is 0.715. The van der Waals surface area contributed by atoms with Gasteiger partial charge in [-0.05, 0) is 25.5 Å². The van der Waals surface area contributed by atoms with Crippen LogP contribution in [0, 0.1) is 0 Å². The third-order valence-corrected chi connectivity index (χ3v) is 5.12. The summed E-state index contributed by atoms with van der Waals surface area (Å²) in [6.45, 7) is 2.50. The van der Waals surface area contributed by atoms with Crippen molar-refractivity contribution in [3.63, 3.8) is 0 Å². The van der Waals surface area contributed by atoms with Crippen LogP contribution in [0.2, 0.25) is 0 Å². The Labute approximate surface area is 136 Å². The number of hydrogen-bond donors (Lipinski definition) is 3. The predicted octanol–water partition coefficient (Wildman–Crippen LogP) is 0.367. The van der Waals surface area contributed by atoms with E-state index in [1.165, 1.54) is 0 Å². The van der Waals surface area contributed by atoms with Crippen LogP contribution >= 0.6 is 0 Å². The number of guanidine groups is 1. The average molecular weight is 338 g/mol. The van der Waals surface area contributed by atoms with Gasteiger partial charge in [0, 0.05) is 18.3 Å². The number of rotatable bonds is 5. The molecule has 0 radical (unpaired) electrons. The number of benzene rings is 1. The van der Waals surface area contributed by atoms with Crippen molar-refractivity contribution in [2.24, 2.45) is 4.99 Å². The van der Waals surface area contributed by atoms with Crippen LogP contribution in [0.3, 0.4) is 0 Å². The van der Waals surface area contributed by atoms with Crippen LogP contribution < -0.4 is 16.0 Å². The molecule has 0 spiro atoms. The van der Waals surface area contributed by atoms with Crippen LogP contribution in [0.25, 0.3) is 0 Å². The van der Waals surface area contributed by atoms with E-state index >= 15 is 0 Å². The number of sulfone groups is 1. The molecular formula is C15H22N4O3S. The lowest BCUT2D eigenvalue weighted by Crippen LogP contribution is -2.44. The topological polar surface area (TPSA) is 99.7 Å². The molecule has 8 heteroatoms. The number of nitrogens with one attached hydrogen (secondary N) is 3. The highest BCUT2D eigenvalue weighted by molar-refractivity contribution is 7.91. The first-order valence-corrected chi connectivity index (χ1v) is 9.41. The first kappa shape index (κ1) is 17.3. The van der Waals surface area contributed by atoms with Gasteiger partial charge in [0.25, 0.3) is 0 Å². The number of carbonyl (C=O) groups excluding carboxylic acids is 1. The quantitative estimate of drug-likeness (QED) is 0.532. The van der Waals surface area contributed by atoms with E-state index in [0.29, 0.717) is 24.6 Å². The summed E-state index contributed by atoms with van der Waals surface area (Å²) in [5.74, 6) is 0.525. The van der Waals surface area contributed by atoms with Gasteiger partial charge in [-0.1, -0.05) is 18.2 Å². The molecule has 1 aromatic rings. The number of carbonyl (C=O) groups is 1. The number of aliphatic imine (C=N–C) groups is 1. The van der Waals surface area contributed by atoms with E-state index < -0.39 is 9.84 Å². The van der Waals surface area contributed by atoms with Crippen LogP contribution in [0.5, 0.6) is 0 Å². The lowest BCUT2D eigenvalue weighted by molar-refractivity contribution is -0.114. The van der Waals surface area contributed by atoms with Crippen LogP contribution in [0.1, 0.15) is 13.3 Å². The van der Waals surface area contributed by atoms with Gasteiger partial charge in [0.1, 0.15) is 6.54 Å². The fourth-order valence-corrected chi connectivity index (χ4v) is 3.97. The van der Waals surface area contributed by atoms with Gasteiger partial charge in [-0.3, -0.25) is 4.79 Å². The standard InChI is InChI=1S/C15H22N4O3S/c1-2-16-15(19-13-8-9-23(21,22)11-13)17-10-14(20)18-12-6-4-3-5-7-12/h3-7,13H,2,8-11H2,1H3,(H,18,20)(H2,16,17,19). The molecule has 1 aliphatic heterocycles. The molecule has 1 fully saturated rings. The van der Waals surface area contributed by atoms with Crippen molar-refractivity contribution < 1.29 is 13.2 Å². The SMILES string of the molecule is CCNC(=NCC(=O)Nc1ccccc1)NC1CCS(=O)(=O)C1. The van der Waals surface area contributed by atoms with E-state index in [9.17, 15) is 13.2 Å². The Hall–Kier alpha value is -2.09. The Balaban J connectivity index is 1.89. The smallest absolute Gasteiger partial charge is 0.246 e. The zero-order chi connectivity index (χ0) is 16.7. The lowest BCUT2D eigenvalue weighted by Gasteiger charge is -2.15. The molecule has 1 aromatic carbocycles. The summed E-state index contributed by atoms with van der Waals surface area (Å²) in [5, 5.41) is 8.84. The molecule has 2 rings (SSSR count). The van der Waals surface area contributed by atoms with Crippen LogP contribution in [0.4, 0.5) is 5.69 Å². The molecule has 7 nitrogen and oxygen atoms in total. The normalized spacial score (nSPS) is 20.0. The first-order valence-electron chi connectivity index (χ1n) is 7.58. The number of anilines is 1. The molecule has 0 saturated carbocycles. The zero-order valence-electron chi connectivity index (χ0n) is 13.1. The van der Waals surface area contributed by atoms with Crippen LogP contribution in [0.15, 0.2) is 35.3 Å². The van der Waals surface area contributed by atoms with E-state index in [1.54, 1.807) is 12.1 Å². The van der Waals surface area contributed by atoms with Gasteiger partial charge in [-0.2, -0.15) is 0 Å². The van der Waals surface area contributed by atoms with E-state index in [4.69, 9.17) is 0 Å². The maximum Gasteiger partial charge on any atom is 0.246 e. The number of amides is 1. The molecule has 1 saturated heterocycles. The molecule has 23 heavy (non-hydrogen) atoms. The first-order chi connectivity index (χ1) is 11.0. The summed E-state index contributed by atoms with van der Waals surface area (Å²) in [6, 6.07) is 8.99. The second-order valence-electron chi connectivity index (χ2n) is 5.35. The summed E-state index contributed by atoms with van der Waals surface area (Å²) in [4.78, 5) is 16.1. The Bertz CT molecular complexity index is 659. The second-order valence-corrected chi connectivity index (χ2v) is 7.58. The summed E-state index contributed by atoms with van der Waals surface area (Å²) in [6.07, 6.45) is 0.558. The van der Waals surface area contributed by atoms with Gasteiger partial charge in [0.2, 0.25) is 5.91 Å². The van der Waals surface area contributed by atoms with Crippen molar-refractivity contribution in [2.45, 2.75) is 19.4 Å². The Morgan fingerprint density at radius 2 is 2.04 bits per heavy atom. The van der Waals surface area contributed by atoms with Gasteiger partial charge in [0.15, 0.2) is 15.8 Å². The maximum absolute atomic E-state index is 11.9. The molecule has 1 amide bonds. The van der Waals surface area contributed by atoms with E-state index in [-0.39, 0.29) is 30.0 Å². The van der Waals surface area contributed by atoms with Crippen molar-refractivity contribution in [3.05, 3.63) is 30.3 Å². The Morgan fingerprint density at radius 1 is 1.30 bits per heavy atom. The molecule has 126 valence electrons. The van der Waals surface area contributed by atoms with Gasteiger partial charge in [-0.25, -0.2) is 13.4 Å². The average Bonchev–Trinajstić information content (AvgIpc) is 2.85. The van der Waals surface area contributed by atoms with Crippen molar-refractivity contribution >= 4 is 27.4 Å². The van der Waals surface area contributed by atoms with Crippen molar-refractivity contribution in [1.29, 1.82) is 0 Å². The third-order valence-electron chi connectivity index (χ3n) is 3.36. The molecule has 1 unspecified atom stereocenters. The Morgan fingerprint density at radius 3 is 2.65 bits per heavy atom. The molecule has 0 aromatic heterocycles. The van der Waals surface area contributed by atoms with E-state index in [2.05, 4.69) is 20.9 Å². The molecule has 1 atom stereocenters. The highest BCUT2D eigenvalue weighted by Crippen LogP contribution is 2.11. The van der Waals surface area contributed by atoms with Crippen LogP contribution in [-0.4, -0.2) is 50.9 Å².